The lowest BCUT2D eigenvalue weighted by molar-refractivity contribution is -0.131. The smallest absolute Gasteiger partial charge is 0.223 e. The summed E-state index contributed by atoms with van der Waals surface area (Å²) < 4.78 is 5.51. The molecule has 2 aliphatic rings. The number of nitrogens with zero attached hydrogens (tertiary/aromatic N) is 3. The third-order valence-corrected chi connectivity index (χ3v) is 6.09. The van der Waals surface area contributed by atoms with Gasteiger partial charge in [0.05, 0.1) is 13.2 Å². The maximum Gasteiger partial charge on any atom is 0.223 e. The van der Waals surface area contributed by atoms with Crippen molar-refractivity contribution in [2.24, 2.45) is 10.9 Å². The Hall–Kier alpha value is -2.12. The Balaban J connectivity index is 1.36. The van der Waals surface area contributed by atoms with Crippen LogP contribution >= 0.6 is 0 Å². The molecule has 3 rings (SSSR count). The van der Waals surface area contributed by atoms with E-state index in [1.807, 2.05) is 17.0 Å². The average molecular weight is 430 g/mol. The normalized spacial score (nSPS) is 18.2. The number of rotatable bonds is 9. The van der Waals surface area contributed by atoms with E-state index in [0.717, 1.165) is 71.3 Å². The van der Waals surface area contributed by atoms with Crippen LogP contribution in [0.2, 0.25) is 0 Å². The predicted octanol–water partition coefficient (Wildman–Crippen LogP) is 2.22. The number of guanidine groups is 1. The molecule has 0 aliphatic carbocycles. The standard InChI is InChI=1S/C24H39N5O2/c1-19(2)15-22(28-11-13-31-14-12-28)16-27-24(25-3)26-10-6-9-23(30)29-17-20-7-4-5-8-21(20)18-29/h4-5,7-8,19,22H,6,9-18H2,1-3H3,(H2,25,26,27). The van der Waals surface area contributed by atoms with Crippen LogP contribution in [0.4, 0.5) is 0 Å². The zero-order valence-corrected chi connectivity index (χ0v) is 19.4. The predicted molar refractivity (Wildman–Crippen MR) is 125 cm³/mol. The van der Waals surface area contributed by atoms with E-state index in [-0.39, 0.29) is 5.91 Å². The molecule has 0 aromatic heterocycles. The van der Waals surface area contributed by atoms with Crippen molar-refractivity contribution in [2.75, 3.05) is 46.4 Å². The van der Waals surface area contributed by atoms with Crippen LogP contribution in [0.15, 0.2) is 29.3 Å². The summed E-state index contributed by atoms with van der Waals surface area (Å²) in [6.07, 6.45) is 2.50. The third-order valence-electron chi connectivity index (χ3n) is 6.09. The molecule has 0 radical (unpaired) electrons. The first-order chi connectivity index (χ1) is 15.1. The van der Waals surface area contributed by atoms with Crippen molar-refractivity contribution in [3.05, 3.63) is 35.4 Å². The van der Waals surface area contributed by atoms with Gasteiger partial charge in [-0.25, -0.2) is 0 Å². The first kappa shape index (κ1) is 23.5. The SMILES string of the molecule is CN=C(NCCCC(=O)N1Cc2ccccc2C1)NCC(CC(C)C)N1CCOCC1. The summed E-state index contributed by atoms with van der Waals surface area (Å²) in [5.74, 6) is 1.68. The third kappa shape index (κ3) is 7.21. The van der Waals surface area contributed by atoms with E-state index >= 15 is 0 Å². The minimum Gasteiger partial charge on any atom is -0.379 e. The van der Waals surface area contributed by atoms with Gasteiger partial charge in [-0.15, -0.1) is 0 Å². The summed E-state index contributed by atoms with van der Waals surface area (Å²) in [7, 11) is 1.80. The van der Waals surface area contributed by atoms with E-state index in [1.54, 1.807) is 7.05 Å². The van der Waals surface area contributed by atoms with Gasteiger partial charge in [-0.05, 0) is 29.9 Å². The van der Waals surface area contributed by atoms with Gasteiger partial charge in [-0.3, -0.25) is 14.7 Å². The van der Waals surface area contributed by atoms with E-state index in [9.17, 15) is 4.79 Å². The maximum atomic E-state index is 12.6. The molecular weight excluding hydrogens is 390 g/mol. The van der Waals surface area contributed by atoms with Gasteiger partial charge in [-0.2, -0.15) is 0 Å². The van der Waals surface area contributed by atoms with E-state index in [0.29, 0.717) is 18.4 Å². The van der Waals surface area contributed by atoms with Crippen molar-refractivity contribution >= 4 is 11.9 Å². The van der Waals surface area contributed by atoms with Gasteiger partial charge in [0.25, 0.3) is 0 Å². The molecule has 0 bridgehead atoms. The molecule has 1 atom stereocenters. The molecule has 7 nitrogen and oxygen atoms in total. The Kier molecular flexibility index (Phi) is 9.15. The van der Waals surface area contributed by atoms with Crippen molar-refractivity contribution in [3.63, 3.8) is 0 Å². The summed E-state index contributed by atoms with van der Waals surface area (Å²) in [6, 6.07) is 8.79. The lowest BCUT2D eigenvalue weighted by Gasteiger charge is -2.35. The topological polar surface area (TPSA) is 69.2 Å². The van der Waals surface area contributed by atoms with Crippen LogP contribution in [0.25, 0.3) is 0 Å². The molecule has 1 unspecified atom stereocenters. The summed E-state index contributed by atoms with van der Waals surface area (Å²) in [5, 5.41) is 6.86. The van der Waals surface area contributed by atoms with Gasteiger partial charge in [0, 0.05) is 58.8 Å². The lowest BCUT2D eigenvalue weighted by atomic mass is 10.0. The number of amides is 1. The number of morpholine rings is 1. The first-order valence-electron chi connectivity index (χ1n) is 11.7. The molecule has 1 aromatic rings. The van der Waals surface area contributed by atoms with Crippen LogP contribution in [0.3, 0.4) is 0 Å². The molecular formula is C24H39N5O2. The number of carbonyl (C=O) groups excluding carboxylic acids is 1. The van der Waals surface area contributed by atoms with Gasteiger partial charge >= 0.3 is 0 Å². The highest BCUT2D eigenvalue weighted by molar-refractivity contribution is 5.80. The molecule has 1 aromatic carbocycles. The monoisotopic (exact) mass is 429 g/mol. The first-order valence-corrected chi connectivity index (χ1v) is 11.7. The van der Waals surface area contributed by atoms with Crippen LogP contribution in [-0.4, -0.2) is 74.1 Å². The van der Waals surface area contributed by atoms with Gasteiger partial charge < -0.3 is 20.3 Å². The number of nitrogens with one attached hydrogen (secondary N) is 2. The van der Waals surface area contributed by atoms with Crippen LogP contribution in [-0.2, 0) is 22.6 Å². The highest BCUT2D eigenvalue weighted by Crippen LogP contribution is 2.22. The Morgan fingerprint density at radius 3 is 2.42 bits per heavy atom. The molecule has 2 N–H and O–H groups in total. The molecule has 1 amide bonds. The minimum absolute atomic E-state index is 0.227. The van der Waals surface area contributed by atoms with Crippen molar-refractivity contribution in [1.82, 2.24) is 20.4 Å². The van der Waals surface area contributed by atoms with E-state index in [4.69, 9.17) is 4.74 Å². The Labute approximate surface area is 187 Å². The fourth-order valence-corrected chi connectivity index (χ4v) is 4.40. The quantitative estimate of drug-likeness (QED) is 0.358. The Morgan fingerprint density at radius 1 is 1.13 bits per heavy atom. The summed E-state index contributed by atoms with van der Waals surface area (Å²) in [4.78, 5) is 21.4. The van der Waals surface area contributed by atoms with Crippen molar-refractivity contribution in [1.29, 1.82) is 0 Å². The number of fused-ring (bicyclic) bond motifs is 1. The second-order valence-electron chi connectivity index (χ2n) is 8.93. The molecule has 7 heteroatoms. The fraction of sp³-hybridized carbons (Fsp3) is 0.667. The lowest BCUT2D eigenvalue weighted by Crippen LogP contribution is -2.51. The molecule has 2 aliphatic heterocycles. The van der Waals surface area contributed by atoms with E-state index in [2.05, 4.69) is 46.5 Å². The van der Waals surface area contributed by atoms with Gasteiger partial charge in [0.1, 0.15) is 0 Å². The van der Waals surface area contributed by atoms with Crippen LogP contribution in [0, 0.1) is 5.92 Å². The maximum absolute atomic E-state index is 12.6. The number of hydrogen-bond acceptors (Lipinski definition) is 4. The van der Waals surface area contributed by atoms with Crippen LogP contribution in [0.1, 0.15) is 44.2 Å². The Morgan fingerprint density at radius 2 is 1.81 bits per heavy atom. The molecule has 0 spiro atoms. The second kappa shape index (κ2) is 12.1. The van der Waals surface area contributed by atoms with Crippen molar-refractivity contribution < 1.29 is 9.53 Å². The molecule has 2 heterocycles. The molecule has 0 saturated carbocycles. The molecule has 172 valence electrons. The zero-order valence-electron chi connectivity index (χ0n) is 19.4. The number of carbonyl (C=O) groups is 1. The number of aliphatic imine (C=N–C) groups is 1. The summed E-state index contributed by atoms with van der Waals surface area (Å²) in [6.45, 7) is 11.2. The van der Waals surface area contributed by atoms with Gasteiger partial charge in [0.2, 0.25) is 5.91 Å². The molecule has 31 heavy (non-hydrogen) atoms. The van der Waals surface area contributed by atoms with Crippen molar-refractivity contribution in [3.8, 4) is 0 Å². The highest BCUT2D eigenvalue weighted by Gasteiger charge is 2.23. The second-order valence-corrected chi connectivity index (χ2v) is 8.93. The summed E-state index contributed by atoms with van der Waals surface area (Å²) in [5.41, 5.74) is 2.55. The van der Waals surface area contributed by atoms with Crippen LogP contribution < -0.4 is 10.6 Å². The van der Waals surface area contributed by atoms with Gasteiger partial charge in [0.15, 0.2) is 5.96 Å². The highest BCUT2D eigenvalue weighted by atomic mass is 16.5. The average Bonchev–Trinajstić information content (AvgIpc) is 3.22. The number of hydrogen-bond donors (Lipinski definition) is 2. The largest absolute Gasteiger partial charge is 0.379 e. The van der Waals surface area contributed by atoms with Crippen molar-refractivity contribution in [2.45, 2.75) is 52.2 Å². The molecule has 1 fully saturated rings. The zero-order chi connectivity index (χ0) is 22.1. The van der Waals surface area contributed by atoms with Gasteiger partial charge in [-0.1, -0.05) is 38.1 Å². The fourth-order valence-electron chi connectivity index (χ4n) is 4.40. The number of benzene rings is 1. The molecule has 1 saturated heterocycles. The van der Waals surface area contributed by atoms with E-state index in [1.165, 1.54) is 11.1 Å². The van der Waals surface area contributed by atoms with Crippen LogP contribution in [0.5, 0.6) is 0 Å². The van der Waals surface area contributed by atoms with E-state index < -0.39 is 0 Å². The number of ether oxygens (including phenoxy) is 1. The Bertz CT molecular complexity index is 705. The summed E-state index contributed by atoms with van der Waals surface area (Å²) >= 11 is 0. The minimum atomic E-state index is 0.227.